The van der Waals surface area contributed by atoms with Crippen molar-refractivity contribution in [1.29, 1.82) is 0 Å². The zero-order valence-electron chi connectivity index (χ0n) is 20.3. The molecule has 1 fully saturated rings. The van der Waals surface area contributed by atoms with Crippen LogP contribution in [0.4, 0.5) is 5.69 Å². The summed E-state index contributed by atoms with van der Waals surface area (Å²) in [6.07, 6.45) is 2.06. The molecule has 1 aliphatic heterocycles. The number of hydrogen-bond donors (Lipinski definition) is 2. The molecule has 2 aromatic rings. The Kier molecular flexibility index (Phi) is 10.9. The monoisotopic (exact) mass is 568 g/mol. The molecule has 182 valence electrons. The Labute approximate surface area is 214 Å². The van der Waals surface area contributed by atoms with Crippen LogP contribution in [-0.4, -0.2) is 53.0 Å². The van der Waals surface area contributed by atoms with Crippen molar-refractivity contribution in [2.24, 2.45) is 4.99 Å². The Hall–Kier alpha value is -2.36. The van der Waals surface area contributed by atoms with E-state index in [0.29, 0.717) is 12.6 Å². The highest BCUT2D eigenvalue weighted by Crippen LogP contribution is 2.30. The van der Waals surface area contributed by atoms with E-state index in [4.69, 9.17) is 19.2 Å². The van der Waals surface area contributed by atoms with Gasteiger partial charge in [-0.3, -0.25) is 0 Å². The number of nitrogens with zero attached hydrogens (tertiary/aromatic N) is 2. The summed E-state index contributed by atoms with van der Waals surface area (Å²) in [5.41, 5.74) is 3.45. The summed E-state index contributed by atoms with van der Waals surface area (Å²) in [6, 6.07) is 12.6. The summed E-state index contributed by atoms with van der Waals surface area (Å²) in [6.45, 7) is 7.52. The topological polar surface area (TPSA) is 67.4 Å². The molecule has 7 nitrogen and oxygen atoms in total. The normalized spacial score (nSPS) is 14.3. The summed E-state index contributed by atoms with van der Waals surface area (Å²) in [7, 11) is 5.06. The Balaban J connectivity index is 0.00000385. The van der Waals surface area contributed by atoms with E-state index < -0.39 is 0 Å². The van der Waals surface area contributed by atoms with Crippen LogP contribution >= 0.6 is 24.0 Å². The number of aliphatic imine (C=N–C) groups is 1. The standard InChI is InChI=1S/C25H36N4O3.HI/c1-6-26-25(27-17-19-11-18(2)12-22(13-19)30-3)28-20-7-9-29(10-8-20)21-14-23(31-4)16-24(15-21)32-5;/h11-16,20H,6-10,17H2,1-5H3,(H2,26,27,28);1H. The molecule has 0 saturated carbocycles. The number of benzene rings is 2. The molecule has 0 radical (unpaired) electrons. The zero-order valence-corrected chi connectivity index (χ0v) is 22.6. The van der Waals surface area contributed by atoms with Gasteiger partial charge in [0.2, 0.25) is 0 Å². The van der Waals surface area contributed by atoms with Gasteiger partial charge in [-0.2, -0.15) is 0 Å². The molecule has 1 saturated heterocycles. The van der Waals surface area contributed by atoms with Crippen LogP contribution in [0.2, 0.25) is 0 Å². The first kappa shape index (κ1) is 26.9. The van der Waals surface area contributed by atoms with Crippen molar-refractivity contribution in [3.63, 3.8) is 0 Å². The zero-order chi connectivity index (χ0) is 22.9. The third kappa shape index (κ3) is 7.87. The number of rotatable bonds is 8. The molecule has 0 unspecified atom stereocenters. The van der Waals surface area contributed by atoms with E-state index in [2.05, 4.69) is 47.6 Å². The van der Waals surface area contributed by atoms with Gasteiger partial charge in [0.1, 0.15) is 17.2 Å². The van der Waals surface area contributed by atoms with Gasteiger partial charge in [-0.1, -0.05) is 6.07 Å². The number of methoxy groups -OCH3 is 3. The second kappa shape index (κ2) is 13.4. The summed E-state index contributed by atoms with van der Waals surface area (Å²) in [4.78, 5) is 7.19. The number of halogens is 1. The molecule has 0 spiro atoms. The molecule has 0 aromatic heterocycles. The Bertz CT molecular complexity index is 892. The maximum absolute atomic E-state index is 5.42. The number of nitrogens with one attached hydrogen (secondary N) is 2. The van der Waals surface area contributed by atoms with Gasteiger partial charge in [-0.25, -0.2) is 4.99 Å². The first-order valence-electron chi connectivity index (χ1n) is 11.2. The lowest BCUT2D eigenvalue weighted by Crippen LogP contribution is -2.48. The van der Waals surface area contributed by atoms with Crippen LogP contribution < -0.4 is 29.7 Å². The van der Waals surface area contributed by atoms with Crippen LogP contribution in [0, 0.1) is 6.92 Å². The van der Waals surface area contributed by atoms with Gasteiger partial charge in [-0.05, 0) is 49.9 Å². The van der Waals surface area contributed by atoms with Crippen LogP contribution in [0.1, 0.15) is 30.9 Å². The second-order valence-electron chi connectivity index (χ2n) is 8.03. The third-order valence-corrected chi connectivity index (χ3v) is 5.65. The molecular formula is C25H37IN4O3. The van der Waals surface area contributed by atoms with E-state index in [9.17, 15) is 0 Å². The molecule has 2 aromatic carbocycles. The van der Waals surface area contributed by atoms with Crippen molar-refractivity contribution in [2.75, 3.05) is 45.9 Å². The van der Waals surface area contributed by atoms with E-state index >= 15 is 0 Å². The molecule has 0 amide bonds. The minimum Gasteiger partial charge on any atom is -0.497 e. The minimum atomic E-state index is 0. The molecule has 0 bridgehead atoms. The summed E-state index contributed by atoms with van der Waals surface area (Å²) in [5.74, 6) is 3.35. The predicted molar refractivity (Wildman–Crippen MR) is 146 cm³/mol. The first-order valence-corrected chi connectivity index (χ1v) is 11.2. The van der Waals surface area contributed by atoms with E-state index in [0.717, 1.165) is 66.9 Å². The summed E-state index contributed by atoms with van der Waals surface area (Å²) < 4.78 is 16.2. The van der Waals surface area contributed by atoms with Crippen molar-refractivity contribution in [2.45, 2.75) is 39.3 Å². The van der Waals surface area contributed by atoms with Crippen LogP contribution in [0.15, 0.2) is 41.4 Å². The third-order valence-electron chi connectivity index (χ3n) is 5.65. The number of aryl methyl sites for hydroxylation is 1. The molecule has 2 N–H and O–H groups in total. The van der Waals surface area contributed by atoms with Crippen molar-refractivity contribution in [3.05, 3.63) is 47.5 Å². The lowest BCUT2D eigenvalue weighted by Gasteiger charge is -2.34. The van der Waals surface area contributed by atoms with Crippen molar-refractivity contribution in [1.82, 2.24) is 10.6 Å². The maximum Gasteiger partial charge on any atom is 0.191 e. The van der Waals surface area contributed by atoms with Crippen LogP contribution in [0.3, 0.4) is 0 Å². The van der Waals surface area contributed by atoms with Gasteiger partial charge in [0.25, 0.3) is 0 Å². The van der Waals surface area contributed by atoms with Gasteiger partial charge >= 0.3 is 0 Å². The van der Waals surface area contributed by atoms with Crippen molar-refractivity contribution < 1.29 is 14.2 Å². The SMILES string of the molecule is CCNC(=NCc1cc(C)cc(OC)c1)NC1CCN(c2cc(OC)cc(OC)c2)CC1.I. The number of ether oxygens (including phenoxy) is 3. The second-order valence-corrected chi connectivity index (χ2v) is 8.03. The molecule has 33 heavy (non-hydrogen) atoms. The van der Waals surface area contributed by atoms with Crippen molar-refractivity contribution >= 4 is 35.6 Å². The highest BCUT2D eigenvalue weighted by molar-refractivity contribution is 14.0. The largest absolute Gasteiger partial charge is 0.497 e. The fourth-order valence-electron chi connectivity index (χ4n) is 3.97. The highest BCUT2D eigenvalue weighted by atomic mass is 127. The van der Waals surface area contributed by atoms with Gasteiger partial charge in [-0.15, -0.1) is 24.0 Å². The van der Waals surface area contributed by atoms with Crippen LogP contribution in [-0.2, 0) is 6.54 Å². The van der Waals surface area contributed by atoms with E-state index in [1.54, 1.807) is 21.3 Å². The van der Waals surface area contributed by atoms with Gasteiger partial charge < -0.3 is 29.7 Å². The van der Waals surface area contributed by atoms with E-state index in [1.807, 2.05) is 18.2 Å². The van der Waals surface area contributed by atoms with Crippen LogP contribution in [0.25, 0.3) is 0 Å². The number of anilines is 1. The molecule has 0 aliphatic carbocycles. The predicted octanol–water partition coefficient (Wildman–Crippen LogP) is 4.36. The van der Waals surface area contributed by atoms with E-state index in [-0.39, 0.29) is 24.0 Å². The molecule has 1 aliphatic rings. The Morgan fingerprint density at radius 3 is 2.12 bits per heavy atom. The highest BCUT2D eigenvalue weighted by Gasteiger charge is 2.21. The lowest BCUT2D eigenvalue weighted by molar-refractivity contribution is 0.393. The average Bonchev–Trinajstić information content (AvgIpc) is 2.82. The van der Waals surface area contributed by atoms with E-state index in [1.165, 1.54) is 5.56 Å². The minimum absolute atomic E-state index is 0. The Morgan fingerprint density at radius 1 is 0.939 bits per heavy atom. The molecule has 8 heteroatoms. The summed E-state index contributed by atoms with van der Waals surface area (Å²) in [5, 5.41) is 7.00. The maximum atomic E-state index is 5.42. The summed E-state index contributed by atoms with van der Waals surface area (Å²) >= 11 is 0. The van der Waals surface area contributed by atoms with Gasteiger partial charge in [0, 0.05) is 49.6 Å². The van der Waals surface area contributed by atoms with Gasteiger partial charge in [0.05, 0.1) is 27.9 Å². The van der Waals surface area contributed by atoms with Gasteiger partial charge in [0.15, 0.2) is 5.96 Å². The average molecular weight is 569 g/mol. The van der Waals surface area contributed by atoms with Crippen LogP contribution in [0.5, 0.6) is 17.2 Å². The Morgan fingerprint density at radius 2 is 1.55 bits per heavy atom. The quantitative estimate of drug-likeness (QED) is 0.280. The number of piperidine rings is 1. The lowest BCUT2D eigenvalue weighted by atomic mass is 10.0. The fourth-order valence-corrected chi connectivity index (χ4v) is 3.97. The number of hydrogen-bond acceptors (Lipinski definition) is 5. The first-order chi connectivity index (χ1) is 15.5. The van der Waals surface area contributed by atoms with Crippen molar-refractivity contribution in [3.8, 4) is 17.2 Å². The number of guanidine groups is 1. The smallest absolute Gasteiger partial charge is 0.191 e. The fraction of sp³-hybridized carbons (Fsp3) is 0.480. The molecule has 3 rings (SSSR count). The molecule has 1 heterocycles. The molecule has 0 atom stereocenters. The molecular weight excluding hydrogens is 531 g/mol.